The first-order valence-corrected chi connectivity index (χ1v) is 8.27. The fraction of sp³-hybridized carbons (Fsp3) is 0.765. The molecule has 1 fully saturated rings. The Bertz CT molecular complexity index is 379. The number of aliphatic hydroxyl groups is 1. The van der Waals surface area contributed by atoms with Gasteiger partial charge in [0.2, 0.25) is 0 Å². The molecule has 2 rings (SSSR count). The molecule has 4 atom stereocenters. The van der Waals surface area contributed by atoms with Gasteiger partial charge in [0, 0.05) is 6.54 Å². The van der Waals surface area contributed by atoms with Crippen LogP contribution in [0.1, 0.15) is 57.8 Å². The minimum absolute atomic E-state index is 0.104. The van der Waals surface area contributed by atoms with Crippen LogP contribution in [0.5, 0.6) is 0 Å². The molecule has 0 radical (unpaired) electrons. The van der Waals surface area contributed by atoms with Crippen LogP contribution in [0.2, 0.25) is 0 Å². The van der Waals surface area contributed by atoms with Crippen molar-refractivity contribution in [3.05, 3.63) is 24.2 Å². The monoisotopic (exact) mass is 295 g/mol. The summed E-state index contributed by atoms with van der Waals surface area (Å²) in [5.41, 5.74) is 0. The summed E-state index contributed by atoms with van der Waals surface area (Å²) in [6.07, 6.45) is 7.69. The summed E-state index contributed by atoms with van der Waals surface area (Å²) in [5.74, 6) is 1.56. The number of hydrogen-bond donors (Lipinski definition) is 2. The van der Waals surface area contributed by atoms with E-state index in [-0.39, 0.29) is 6.04 Å². The topological polar surface area (TPSA) is 54.6 Å². The summed E-state index contributed by atoms with van der Waals surface area (Å²) in [6.45, 7) is 5.19. The Morgan fingerprint density at radius 3 is 2.95 bits per heavy atom. The van der Waals surface area contributed by atoms with Crippen LogP contribution < -0.4 is 5.32 Å². The van der Waals surface area contributed by atoms with E-state index in [2.05, 4.69) is 12.2 Å². The average molecular weight is 295 g/mol. The van der Waals surface area contributed by atoms with Gasteiger partial charge in [0.25, 0.3) is 0 Å². The quantitative estimate of drug-likeness (QED) is 0.773. The van der Waals surface area contributed by atoms with Crippen LogP contribution in [-0.2, 0) is 4.74 Å². The van der Waals surface area contributed by atoms with Gasteiger partial charge < -0.3 is 19.6 Å². The Hall–Kier alpha value is -0.840. The van der Waals surface area contributed by atoms with Gasteiger partial charge in [0.05, 0.1) is 31.1 Å². The van der Waals surface area contributed by atoms with Crippen molar-refractivity contribution in [3.8, 4) is 0 Å². The smallest absolute Gasteiger partial charge is 0.120 e. The van der Waals surface area contributed by atoms with Crippen LogP contribution >= 0.6 is 0 Å². The molecule has 0 aliphatic heterocycles. The minimum atomic E-state index is -0.471. The van der Waals surface area contributed by atoms with E-state index in [1.807, 2.05) is 19.1 Å². The molecule has 0 saturated heterocycles. The van der Waals surface area contributed by atoms with E-state index < -0.39 is 6.10 Å². The van der Waals surface area contributed by atoms with E-state index in [0.29, 0.717) is 25.2 Å². The Morgan fingerprint density at radius 2 is 2.24 bits per heavy atom. The van der Waals surface area contributed by atoms with Crippen LogP contribution in [0.15, 0.2) is 22.8 Å². The molecule has 1 saturated carbocycles. The van der Waals surface area contributed by atoms with Gasteiger partial charge in [-0.3, -0.25) is 0 Å². The lowest BCUT2D eigenvalue weighted by Crippen LogP contribution is -2.35. The normalized spacial score (nSPS) is 25.7. The standard InChI is InChI=1S/C17H29NO3/c1-3-14-7-4-5-8-17(14)21-12-15(19)11-18-13(2)16-9-6-10-20-16/h6,9-10,13-15,17-19H,3-5,7-8,11-12H2,1-2H3. The van der Waals surface area contributed by atoms with Gasteiger partial charge in [-0.2, -0.15) is 0 Å². The molecule has 1 aromatic rings. The molecular formula is C17H29NO3. The summed E-state index contributed by atoms with van der Waals surface area (Å²) < 4.78 is 11.3. The maximum absolute atomic E-state index is 10.1. The van der Waals surface area contributed by atoms with Crippen molar-refractivity contribution in [2.75, 3.05) is 13.2 Å². The highest BCUT2D eigenvalue weighted by Gasteiger charge is 2.25. The molecule has 0 aromatic carbocycles. The summed E-state index contributed by atoms with van der Waals surface area (Å²) in [4.78, 5) is 0. The van der Waals surface area contributed by atoms with E-state index in [1.54, 1.807) is 6.26 Å². The summed E-state index contributed by atoms with van der Waals surface area (Å²) >= 11 is 0. The zero-order chi connectivity index (χ0) is 15.1. The second kappa shape index (κ2) is 8.57. The Balaban J connectivity index is 1.66. The Kier molecular flexibility index (Phi) is 6.74. The zero-order valence-electron chi connectivity index (χ0n) is 13.3. The highest BCUT2D eigenvalue weighted by atomic mass is 16.5. The molecule has 2 N–H and O–H groups in total. The molecule has 0 amide bonds. The van der Waals surface area contributed by atoms with Crippen LogP contribution in [0.25, 0.3) is 0 Å². The van der Waals surface area contributed by atoms with Crippen molar-refractivity contribution in [1.82, 2.24) is 5.32 Å². The number of rotatable bonds is 8. The number of hydrogen-bond acceptors (Lipinski definition) is 4. The van der Waals surface area contributed by atoms with Crippen LogP contribution in [0.4, 0.5) is 0 Å². The van der Waals surface area contributed by atoms with E-state index >= 15 is 0 Å². The lowest BCUT2D eigenvalue weighted by molar-refractivity contribution is -0.0503. The van der Waals surface area contributed by atoms with E-state index in [0.717, 1.165) is 12.2 Å². The lowest BCUT2D eigenvalue weighted by Gasteiger charge is -2.31. The van der Waals surface area contributed by atoms with Gasteiger partial charge in [0.15, 0.2) is 0 Å². The van der Waals surface area contributed by atoms with Gasteiger partial charge in [-0.1, -0.05) is 26.2 Å². The van der Waals surface area contributed by atoms with E-state index in [4.69, 9.17) is 9.15 Å². The Morgan fingerprint density at radius 1 is 1.43 bits per heavy atom. The summed E-state index contributed by atoms with van der Waals surface area (Å²) in [6, 6.07) is 3.92. The first-order chi connectivity index (χ1) is 10.2. The highest BCUT2D eigenvalue weighted by Crippen LogP contribution is 2.29. The third-order valence-electron chi connectivity index (χ3n) is 4.50. The molecule has 1 heterocycles. The number of ether oxygens (including phenoxy) is 1. The maximum Gasteiger partial charge on any atom is 0.120 e. The SMILES string of the molecule is CCC1CCCCC1OCC(O)CNC(C)c1ccco1. The van der Waals surface area contributed by atoms with Crippen molar-refractivity contribution in [1.29, 1.82) is 0 Å². The van der Waals surface area contributed by atoms with Crippen LogP contribution in [-0.4, -0.2) is 30.5 Å². The first kappa shape index (κ1) is 16.5. The molecule has 1 aliphatic carbocycles. The molecule has 0 bridgehead atoms. The highest BCUT2D eigenvalue weighted by molar-refractivity contribution is 5.02. The van der Waals surface area contributed by atoms with Gasteiger partial charge in [0.1, 0.15) is 5.76 Å². The summed E-state index contributed by atoms with van der Waals surface area (Å²) in [5, 5.41) is 13.3. The number of furan rings is 1. The van der Waals surface area contributed by atoms with Crippen molar-refractivity contribution < 1.29 is 14.3 Å². The molecule has 4 unspecified atom stereocenters. The molecule has 120 valence electrons. The lowest BCUT2D eigenvalue weighted by atomic mass is 9.85. The van der Waals surface area contributed by atoms with Gasteiger partial charge in [-0.25, -0.2) is 0 Å². The van der Waals surface area contributed by atoms with Gasteiger partial charge in [-0.05, 0) is 37.8 Å². The number of nitrogens with one attached hydrogen (secondary N) is 1. The predicted molar refractivity (Wildman–Crippen MR) is 83.1 cm³/mol. The number of aliphatic hydroxyl groups excluding tert-OH is 1. The minimum Gasteiger partial charge on any atom is -0.468 e. The molecule has 4 nitrogen and oxygen atoms in total. The second-order valence-electron chi connectivity index (χ2n) is 6.12. The van der Waals surface area contributed by atoms with Crippen molar-refractivity contribution in [2.45, 2.75) is 64.2 Å². The zero-order valence-corrected chi connectivity index (χ0v) is 13.3. The van der Waals surface area contributed by atoms with Crippen molar-refractivity contribution in [3.63, 3.8) is 0 Å². The predicted octanol–water partition coefficient (Wildman–Crippen LogP) is 3.28. The van der Waals surface area contributed by atoms with E-state index in [1.165, 1.54) is 25.7 Å². The van der Waals surface area contributed by atoms with Crippen LogP contribution in [0.3, 0.4) is 0 Å². The molecular weight excluding hydrogens is 266 g/mol. The average Bonchev–Trinajstić information content (AvgIpc) is 3.05. The fourth-order valence-corrected chi connectivity index (χ4v) is 3.10. The molecule has 21 heavy (non-hydrogen) atoms. The largest absolute Gasteiger partial charge is 0.468 e. The molecule has 1 aliphatic rings. The molecule has 4 heteroatoms. The van der Waals surface area contributed by atoms with Gasteiger partial charge in [-0.15, -0.1) is 0 Å². The van der Waals surface area contributed by atoms with Gasteiger partial charge >= 0.3 is 0 Å². The Labute approximate surface area is 127 Å². The van der Waals surface area contributed by atoms with Crippen molar-refractivity contribution >= 4 is 0 Å². The van der Waals surface area contributed by atoms with Crippen molar-refractivity contribution in [2.24, 2.45) is 5.92 Å². The third kappa shape index (κ3) is 5.13. The van der Waals surface area contributed by atoms with E-state index in [9.17, 15) is 5.11 Å². The second-order valence-corrected chi connectivity index (χ2v) is 6.12. The molecule has 1 aromatic heterocycles. The first-order valence-electron chi connectivity index (χ1n) is 8.27. The fourth-order valence-electron chi connectivity index (χ4n) is 3.10. The van der Waals surface area contributed by atoms with Crippen LogP contribution in [0, 0.1) is 5.92 Å². The molecule has 0 spiro atoms. The third-order valence-corrected chi connectivity index (χ3v) is 4.50. The summed E-state index contributed by atoms with van der Waals surface area (Å²) in [7, 11) is 0. The maximum atomic E-state index is 10.1.